The van der Waals surface area contributed by atoms with Gasteiger partial charge in [-0.05, 0) is 12.0 Å². The van der Waals surface area contributed by atoms with E-state index in [9.17, 15) is 4.79 Å². The van der Waals surface area contributed by atoms with Gasteiger partial charge in [0.2, 0.25) is 0 Å². The van der Waals surface area contributed by atoms with Gasteiger partial charge >= 0.3 is 0 Å². The van der Waals surface area contributed by atoms with Crippen molar-refractivity contribution in [1.29, 1.82) is 5.26 Å². The monoisotopic (exact) mass is 212 g/mol. The molecule has 1 aromatic heterocycles. The number of nitrogens with zero attached hydrogens (tertiary/aromatic N) is 2. The maximum Gasteiger partial charge on any atom is 0.176 e. The van der Waals surface area contributed by atoms with E-state index in [4.69, 9.17) is 5.26 Å². The number of nitriles is 1. The third-order valence-electron chi connectivity index (χ3n) is 2.73. The summed E-state index contributed by atoms with van der Waals surface area (Å²) in [5, 5.41) is 9.08. The minimum atomic E-state index is -0.00759. The maximum atomic E-state index is 11.6. The standard InChI is InChI=1S/C13H12N2O/c1-9(16)13-12(10-5-3-4-6-10)11(7-14)8-15(13)2/h3-5,8H,6H2,1-2H3. The minimum absolute atomic E-state index is 0.00759. The second-order valence-corrected chi connectivity index (χ2v) is 3.87. The van der Waals surface area contributed by atoms with E-state index in [0.717, 1.165) is 17.6 Å². The lowest BCUT2D eigenvalue weighted by atomic mass is 10.00. The normalized spacial score (nSPS) is 13.7. The first-order valence-electron chi connectivity index (χ1n) is 5.11. The fraction of sp³-hybridized carbons (Fsp3) is 0.231. The quantitative estimate of drug-likeness (QED) is 0.707. The summed E-state index contributed by atoms with van der Waals surface area (Å²) in [6, 6.07) is 2.15. The van der Waals surface area contributed by atoms with Gasteiger partial charge < -0.3 is 4.57 Å². The van der Waals surface area contributed by atoms with Gasteiger partial charge in [0.25, 0.3) is 0 Å². The largest absolute Gasteiger partial charge is 0.346 e. The number of carbonyl (C=O) groups is 1. The fourth-order valence-corrected chi connectivity index (χ4v) is 2.09. The molecule has 80 valence electrons. The van der Waals surface area contributed by atoms with Gasteiger partial charge in [-0.15, -0.1) is 0 Å². The van der Waals surface area contributed by atoms with Crippen molar-refractivity contribution in [3.63, 3.8) is 0 Å². The Labute approximate surface area is 94.3 Å². The molecular formula is C13H12N2O. The van der Waals surface area contributed by atoms with E-state index >= 15 is 0 Å². The van der Waals surface area contributed by atoms with Crippen molar-refractivity contribution in [3.8, 4) is 6.07 Å². The molecule has 16 heavy (non-hydrogen) atoms. The van der Waals surface area contributed by atoms with Crippen LogP contribution in [0.4, 0.5) is 0 Å². The Hall–Kier alpha value is -2.08. The zero-order valence-electron chi connectivity index (χ0n) is 9.32. The topological polar surface area (TPSA) is 45.8 Å². The molecule has 2 rings (SSSR count). The van der Waals surface area contributed by atoms with Crippen molar-refractivity contribution in [3.05, 3.63) is 41.2 Å². The molecule has 0 atom stereocenters. The van der Waals surface area contributed by atoms with Gasteiger partial charge in [-0.25, -0.2) is 0 Å². The molecule has 0 saturated carbocycles. The zero-order valence-corrected chi connectivity index (χ0v) is 9.32. The molecule has 1 aromatic rings. The molecule has 3 nitrogen and oxygen atoms in total. The van der Waals surface area contributed by atoms with Crippen molar-refractivity contribution >= 4 is 11.4 Å². The van der Waals surface area contributed by atoms with Crippen LogP contribution < -0.4 is 0 Å². The van der Waals surface area contributed by atoms with E-state index < -0.39 is 0 Å². The van der Waals surface area contributed by atoms with Crippen molar-refractivity contribution < 1.29 is 4.79 Å². The van der Waals surface area contributed by atoms with Crippen LogP contribution >= 0.6 is 0 Å². The summed E-state index contributed by atoms with van der Waals surface area (Å²) in [6.45, 7) is 1.53. The van der Waals surface area contributed by atoms with Crippen LogP contribution in [0.2, 0.25) is 0 Å². The number of ketones is 1. The molecule has 0 aliphatic heterocycles. The third-order valence-corrected chi connectivity index (χ3v) is 2.73. The molecule has 0 unspecified atom stereocenters. The highest BCUT2D eigenvalue weighted by Crippen LogP contribution is 2.30. The summed E-state index contributed by atoms with van der Waals surface area (Å²) < 4.78 is 1.73. The molecule has 1 heterocycles. The van der Waals surface area contributed by atoms with Gasteiger partial charge in [0.05, 0.1) is 11.3 Å². The molecule has 0 amide bonds. The Bertz CT molecular complexity index is 553. The van der Waals surface area contributed by atoms with Crippen LogP contribution in [0.15, 0.2) is 24.4 Å². The summed E-state index contributed by atoms with van der Waals surface area (Å²) in [4.78, 5) is 11.6. The molecular weight excluding hydrogens is 200 g/mol. The minimum Gasteiger partial charge on any atom is -0.346 e. The summed E-state index contributed by atoms with van der Waals surface area (Å²) in [5.74, 6) is -0.00759. The fourth-order valence-electron chi connectivity index (χ4n) is 2.09. The van der Waals surface area contributed by atoms with Crippen molar-refractivity contribution in [2.45, 2.75) is 13.3 Å². The number of aromatic nitrogens is 1. The zero-order chi connectivity index (χ0) is 11.7. The van der Waals surface area contributed by atoms with Crippen LogP contribution in [-0.2, 0) is 7.05 Å². The Morgan fingerprint density at radius 3 is 2.81 bits per heavy atom. The van der Waals surface area contributed by atoms with Crippen LogP contribution in [0, 0.1) is 11.3 Å². The number of rotatable bonds is 2. The molecule has 0 radical (unpaired) electrons. The Balaban J connectivity index is 2.66. The van der Waals surface area contributed by atoms with Crippen molar-refractivity contribution in [2.24, 2.45) is 7.05 Å². The highest BCUT2D eigenvalue weighted by Gasteiger charge is 2.20. The lowest BCUT2D eigenvalue weighted by molar-refractivity contribution is 0.101. The van der Waals surface area contributed by atoms with Gasteiger partial charge in [0, 0.05) is 25.7 Å². The lowest BCUT2D eigenvalue weighted by Crippen LogP contribution is -2.04. The predicted octanol–water partition coefficient (Wildman–Crippen LogP) is 2.44. The highest BCUT2D eigenvalue weighted by molar-refractivity contribution is 5.99. The summed E-state index contributed by atoms with van der Waals surface area (Å²) >= 11 is 0. The molecule has 0 spiro atoms. The maximum absolute atomic E-state index is 11.6. The average Bonchev–Trinajstić information content (AvgIpc) is 2.82. The summed E-state index contributed by atoms with van der Waals surface area (Å²) in [6.07, 6.45) is 8.44. The smallest absolute Gasteiger partial charge is 0.176 e. The van der Waals surface area contributed by atoms with Gasteiger partial charge in [0.1, 0.15) is 6.07 Å². The molecule has 0 bridgehead atoms. The number of aryl methyl sites for hydroxylation is 1. The van der Waals surface area contributed by atoms with E-state index in [1.807, 2.05) is 18.2 Å². The first-order valence-corrected chi connectivity index (χ1v) is 5.11. The Morgan fingerprint density at radius 1 is 1.56 bits per heavy atom. The molecule has 1 aliphatic rings. The first kappa shape index (κ1) is 10.4. The molecule has 0 fully saturated rings. The van der Waals surface area contributed by atoms with Crippen LogP contribution in [-0.4, -0.2) is 10.4 Å². The number of carbonyl (C=O) groups excluding carboxylic acids is 1. The van der Waals surface area contributed by atoms with E-state index in [1.165, 1.54) is 6.92 Å². The van der Waals surface area contributed by atoms with E-state index in [0.29, 0.717) is 11.3 Å². The molecule has 0 aromatic carbocycles. The number of Topliss-reactive ketones (excluding diaryl/α,β-unsaturated/α-hetero) is 1. The second-order valence-electron chi connectivity index (χ2n) is 3.87. The van der Waals surface area contributed by atoms with Crippen LogP contribution in [0.3, 0.4) is 0 Å². The average molecular weight is 212 g/mol. The van der Waals surface area contributed by atoms with E-state index in [-0.39, 0.29) is 5.78 Å². The van der Waals surface area contributed by atoms with Gasteiger partial charge in [0.15, 0.2) is 5.78 Å². The Kier molecular flexibility index (Phi) is 2.49. The lowest BCUT2D eigenvalue weighted by Gasteiger charge is -2.05. The van der Waals surface area contributed by atoms with Crippen LogP contribution in [0.5, 0.6) is 0 Å². The van der Waals surface area contributed by atoms with Gasteiger partial charge in [-0.1, -0.05) is 18.2 Å². The number of hydrogen-bond acceptors (Lipinski definition) is 2. The van der Waals surface area contributed by atoms with Crippen LogP contribution in [0.25, 0.3) is 5.57 Å². The van der Waals surface area contributed by atoms with E-state index in [2.05, 4.69) is 6.07 Å². The molecule has 3 heteroatoms. The third kappa shape index (κ3) is 1.49. The van der Waals surface area contributed by atoms with Gasteiger partial charge in [-0.3, -0.25) is 4.79 Å². The Morgan fingerprint density at radius 2 is 2.31 bits per heavy atom. The van der Waals surface area contributed by atoms with Crippen molar-refractivity contribution in [2.75, 3.05) is 0 Å². The van der Waals surface area contributed by atoms with Crippen LogP contribution in [0.1, 0.15) is 35.0 Å². The number of allylic oxidation sites excluding steroid dienone is 4. The summed E-state index contributed by atoms with van der Waals surface area (Å²) in [7, 11) is 1.80. The molecule has 0 N–H and O–H groups in total. The first-order chi connectivity index (χ1) is 7.65. The summed E-state index contributed by atoms with van der Waals surface area (Å²) in [5.41, 5.74) is 3.03. The number of hydrogen-bond donors (Lipinski definition) is 0. The SMILES string of the molecule is CC(=O)c1c(C2=CC=CC2)c(C#N)cn1C. The van der Waals surface area contributed by atoms with Gasteiger partial charge in [-0.2, -0.15) is 5.26 Å². The second kappa shape index (κ2) is 3.82. The van der Waals surface area contributed by atoms with E-state index in [1.54, 1.807) is 17.8 Å². The highest BCUT2D eigenvalue weighted by atomic mass is 16.1. The predicted molar refractivity (Wildman–Crippen MR) is 61.9 cm³/mol. The van der Waals surface area contributed by atoms with Crippen molar-refractivity contribution in [1.82, 2.24) is 4.57 Å². The molecule has 1 aliphatic carbocycles. The molecule has 0 saturated heterocycles.